The van der Waals surface area contributed by atoms with Crippen molar-refractivity contribution >= 4 is 23.1 Å². The third-order valence-electron chi connectivity index (χ3n) is 4.58. The van der Waals surface area contributed by atoms with E-state index in [-0.39, 0.29) is 5.41 Å². The minimum Gasteiger partial charge on any atom is -0.496 e. The summed E-state index contributed by atoms with van der Waals surface area (Å²) in [5, 5.41) is 7.29. The largest absolute Gasteiger partial charge is 0.496 e. The zero-order chi connectivity index (χ0) is 17.7. The number of thiocarbonyl (C=S) groups is 1. The quantitative estimate of drug-likeness (QED) is 0.741. The molecule has 130 valence electrons. The van der Waals surface area contributed by atoms with Crippen LogP contribution in [0, 0.1) is 0 Å². The fraction of sp³-hybridized carbons (Fsp3) is 0.444. The van der Waals surface area contributed by atoms with Crippen molar-refractivity contribution in [1.29, 1.82) is 0 Å². The van der Waals surface area contributed by atoms with Crippen LogP contribution in [0.25, 0.3) is 0 Å². The Morgan fingerprint density at radius 2 is 1.79 bits per heavy atom. The van der Waals surface area contributed by atoms with Crippen molar-refractivity contribution in [3.63, 3.8) is 0 Å². The molecule has 0 aliphatic carbocycles. The van der Waals surface area contributed by atoms with Gasteiger partial charge in [-0.2, -0.15) is 0 Å². The zero-order valence-electron chi connectivity index (χ0n) is 14.8. The molecular weight excluding hydrogens is 324 g/mol. The minimum atomic E-state index is -0.00677. The molecule has 2 aromatic rings. The van der Waals surface area contributed by atoms with Gasteiger partial charge >= 0.3 is 0 Å². The predicted octanol–water partition coefficient (Wildman–Crippen LogP) is 4.56. The van der Waals surface area contributed by atoms with E-state index < -0.39 is 0 Å². The monoisotopic (exact) mass is 348 g/mol. The number of methoxy groups -OCH3 is 2. The third-order valence-corrected chi connectivity index (χ3v) is 4.89. The van der Waals surface area contributed by atoms with Crippen molar-refractivity contribution in [2.75, 3.05) is 19.5 Å². The van der Waals surface area contributed by atoms with Crippen molar-refractivity contribution in [2.45, 2.75) is 39.0 Å². The molecule has 0 aliphatic heterocycles. The van der Waals surface area contributed by atoms with Gasteiger partial charge in [0.1, 0.15) is 16.5 Å². The number of nitrogens with one attached hydrogen (secondary N) is 1. The van der Waals surface area contributed by atoms with Gasteiger partial charge in [0.2, 0.25) is 5.88 Å². The molecule has 0 atom stereocenters. The maximum atomic E-state index is 5.51. The molecule has 0 bridgehead atoms. The van der Waals surface area contributed by atoms with Crippen LogP contribution in [0.3, 0.4) is 0 Å². The van der Waals surface area contributed by atoms with E-state index in [0.29, 0.717) is 27.9 Å². The molecule has 2 rings (SSSR count). The van der Waals surface area contributed by atoms with Gasteiger partial charge in [-0.05, 0) is 25.0 Å². The van der Waals surface area contributed by atoms with Gasteiger partial charge < -0.3 is 19.3 Å². The molecule has 0 amide bonds. The highest BCUT2D eigenvalue weighted by molar-refractivity contribution is 7.81. The van der Waals surface area contributed by atoms with Crippen molar-refractivity contribution in [1.82, 2.24) is 5.16 Å². The number of benzene rings is 1. The summed E-state index contributed by atoms with van der Waals surface area (Å²) in [7, 11) is 3.20. The van der Waals surface area contributed by atoms with Gasteiger partial charge in [0.15, 0.2) is 0 Å². The molecule has 0 fully saturated rings. The molecule has 1 N–H and O–H groups in total. The Morgan fingerprint density at radius 3 is 2.29 bits per heavy atom. The van der Waals surface area contributed by atoms with Crippen LogP contribution >= 0.6 is 12.2 Å². The Labute approximate surface area is 148 Å². The molecule has 1 aromatic heterocycles. The van der Waals surface area contributed by atoms with Crippen LogP contribution in [-0.2, 0) is 5.41 Å². The zero-order valence-corrected chi connectivity index (χ0v) is 15.6. The first-order valence-electron chi connectivity index (χ1n) is 7.98. The number of aromatic nitrogens is 1. The van der Waals surface area contributed by atoms with Gasteiger partial charge in [0.05, 0.1) is 25.5 Å². The van der Waals surface area contributed by atoms with E-state index in [2.05, 4.69) is 31.2 Å². The first-order valence-corrected chi connectivity index (χ1v) is 8.39. The topological polar surface area (TPSA) is 56.5 Å². The molecule has 0 radical (unpaired) electrons. The number of ether oxygens (including phenoxy) is 2. The minimum absolute atomic E-state index is 0.00677. The molecule has 1 aromatic carbocycles. The highest BCUT2D eigenvalue weighted by Crippen LogP contribution is 2.33. The van der Waals surface area contributed by atoms with Crippen LogP contribution < -0.4 is 14.8 Å². The summed E-state index contributed by atoms with van der Waals surface area (Å²) >= 11 is 5.51. The van der Waals surface area contributed by atoms with Crippen molar-refractivity contribution in [2.24, 2.45) is 0 Å². The number of nitrogens with zero attached hydrogens (tertiary/aromatic N) is 1. The molecule has 0 saturated carbocycles. The Hall–Kier alpha value is -2.08. The lowest BCUT2D eigenvalue weighted by Crippen LogP contribution is -2.19. The van der Waals surface area contributed by atoms with E-state index in [1.165, 1.54) is 0 Å². The summed E-state index contributed by atoms with van der Waals surface area (Å²) in [4.78, 5) is 0.460. The van der Waals surface area contributed by atoms with E-state index in [4.69, 9.17) is 26.2 Å². The SMILES string of the molecule is CCC(C)(CC)c1cc(NC(=S)c2c(OC)cccc2OC)on1. The summed E-state index contributed by atoms with van der Waals surface area (Å²) in [5.74, 6) is 1.79. The number of rotatable bonds is 7. The highest BCUT2D eigenvalue weighted by atomic mass is 32.1. The Balaban J connectivity index is 2.27. The van der Waals surface area contributed by atoms with Gasteiger partial charge in [-0.15, -0.1) is 0 Å². The lowest BCUT2D eigenvalue weighted by atomic mass is 9.81. The molecule has 1 heterocycles. The lowest BCUT2D eigenvalue weighted by molar-refractivity contribution is 0.368. The standard InChI is InChI=1S/C18H24N2O3S/c1-6-18(3,7-2)14-11-15(23-20-14)19-17(24)16-12(21-4)9-8-10-13(16)22-5/h8-11H,6-7H2,1-5H3,(H,19,24). The van der Waals surface area contributed by atoms with Gasteiger partial charge in [-0.1, -0.05) is 44.2 Å². The van der Waals surface area contributed by atoms with Crippen LogP contribution in [0.4, 0.5) is 5.88 Å². The molecular formula is C18H24N2O3S. The summed E-state index contributed by atoms with van der Waals surface area (Å²) in [6.07, 6.45) is 1.97. The molecule has 0 spiro atoms. The van der Waals surface area contributed by atoms with Crippen LogP contribution in [0.15, 0.2) is 28.8 Å². The normalized spacial score (nSPS) is 11.2. The van der Waals surface area contributed by atoms with Gasteiger partial charge in [0, 0.05) is 11.5 Å². The fourth-order valence-electron chi connectivity index (χ4n) is 2.48. The second-order valence-electron chi connectivity index (χ2n) is 5.84. The van der Waals surface area contributed by atoms with Gasteiger partial charge in [0.25, 0.3) is 0 Å². The molecule has 0 unspecified atom stereocenters. The molecule has 6 heteroatoms. The molecule has 0 saturated heterocycles. The first-order chi connectivity index (χ1) is 11.5. The van der Waals surface area contributed by atoms with E-state index in [0.717, 1.165) is 18.5 Å². The van der Waals surface area contributed by atoms with Crippen molar-refractivity contribution in [3.05, 3.63) is 35.5 Å². The number of hydrogen-bond acceptors (Lipinski definition) is 5. The van der Waals surface area contributed by atoms with Crippen molar-refractivity contribution in [3.8, 4) is 11.5 Å². The Bertz CT molecular complexity index is 686. The van der Waals surface area contributed by atoms with E-state index in [1.807, 2.05) is 24.3 Å². The average Bonchev–Trinajstić information content (AvgIpc) is 3.09. The highest BCUT2D eigenvalue weighted by Gasteiger charge is 2.27. The van der Waals surface area contributed by atoms with Gasteiger partial charge in [-0.3, -0.25) is 0 Å². The second-order valence-corrected chi connectivity index (χ2v) is 6.24. The predicted molar refractivity (Wildman–Crippen MR) is 99.3 cm³/mol. The Morgan fingerprint density at radius 1 is 1.21 bits per heavy atom. The van der Waals surface area contributed by atoms with Crippen LogP contribution in [0.2, 0.25) is 0 Å². The Kier molecular flexibility index (Phi) is 5.83. The summed E-state index contributed by atoms with van der Waals surface area (Å²) < 4.78 is 16.2. The lowest BCUT2D eigenvalue weighted by Gasteiger charge is -2.22. The molecule has 24 heavy (non-hydrogen) atoms. The van der Waals surface area contributed by atoms with Gasteiger partial charge in [-0.25, -0.2) is 0 Å². The van der Waals surface area contributed by atoms with Crippen LogP contribution in [-0.4, -0.2) is 24.4 Å². The molecule has 5 nitrogen and oxygen atoms in total. The summed E-state index contributed by atoms with van der Waals surface area (Å²) in [6, 6.07) is 7.43. The van der Waals surface area contributed by atoms with E-state index >= 15 is 0 Å². The average molecular weight is 348 g/mol. The second kappa shape index (κ2) is 7.66. The maximum Gasteiger partial charge on any atom is 0.229 e. The van der Waals surface area contributed by atoms with E-state index in [1.54, 1.807) is 14.2 Å². The van der Waals surface area contributed by atoms with Crippen LogP contribution in [0.1, 0.15) is 44.9 Å². The van der Waals surface area contributed by atoms with E-state index in [9.17, 15) is 0 Å². The summed E-state index contributed by atoms with van der Waals surface area (Å²) in [6.45, 7) is 6.47. The first kappa shape index (κ1) is 18.3. The number of hydrogen-bond donors (Lipinski definition) is 1. The summed E-state index contributed by atoms with van der Waals surface area (Å²) in [5.41, 5.74) is 1.60. The fourth-order valence-corrected chi connectivity index (χ4v) is 2.78. The third kappa shape index (κ3) is 3.53. The van der Waals surface area contributed by atoms with Crippen molar-refractivity contribution < 1.29 is 14.0 Å². The maximum absolute atomic E-state index is 5.51. The smallest absolute Gasteiger partial charge is 0.229 e. The van der Waals surface area contributed by atoms with Crippen LogP contribution in [0.5, 0.6) is 11.5 Å². The molecule has 0 aliphatic rings. The number of anilines is 1.